The lowest BCUT2D eigenvalue weighted by Gasteiger charge is -2.02. The van der Waals surface area contributed by atoms with Crippen molar-refractivity contribution < 1.29 is 9.34 Å². The Balaban J connectivity index is 2.07. The highest BCUT2D eigenvalue weighted by Gasteiger charge is 2.17. The molecule has 0 bridgehead atoms. The summed E-state index contributed by atoms with van der Waals surface area (Å²) in [5.41, 5.74) is 1.96. The van der Waals surface area contributed by atoms with Crippen LogP contribution in [0.15, 0.2) is 52.9 Å². The molecule has 3 aromatic rings. The molecule has 110 valence electrons. The minimum atomic E-state index is -0.459. The van der Waals surface area contributed by atoms with E-state index in [-0.39, 0.29) is 11.0 Å². The molecule has 3 rings (SSSR count). The van der Waals surface area contributed by atoms with E-state index in [1.807, 2.05) is 0 Å². The van der Waals surface area contributed by atoms with Gasteiger partial charge in [0.25, 0.3) is 11.0 Å². The number of oxazole rings is 1. The zero-order chi connectivity index (χ0) is 15.7. The summed E-state index contributed by atoms with van der Waals surface area (Å²) < 4.78 is 5.45. The third kappa shape index (κ3) is 2.81. The largest absolute Gasteiger partial charge is 0.427 e. The normalized spacial score (nSPS) is 10.6. The monoisotopic (exact) mass is 334 g/mol. The molecule has 0 N–H and O–H groups in total. The van der Waals surface area contributed by atoms with Crippen LogP contribution in [0.2, 0.25) is 10.4 Å². The molecule has 22 heavy (non-hydrogen) atoms. The average Bonchev–Trinajstić information content (AvgIpc) is 2.90. The Kier molecular flexibility index (Phi) is 3.83. The number of hydrogen-bond acceptors (Lipinski definition) is 4. The second-order valence-electron chi connectivity index (χ2n) is 4.46. The first kappa shape index (κ1) is 14.6. The molecule has 2 aromatic carbocycles. The van der Waals surface area contributed by atoms with Gasteiger partial charge in [-0.15, -0.1) is 0 Å². The number of aromatic nitrogens is 1. The number of nitro benzene ring substituents is 1. The molecule has 0 saturated carbocycles. The number of halogens is 2. The van der Waals surface area contributed by atoms with Crippen LogP contribution in [0.1, 0.15) is 0 Å². The summed E-state index contributed by atoms with van der Waals surface area (Å²) in [5.74, 6) is 0.482. The molecular weight excluding hydrogens is 327 g/mol. The molecule has 0 saturated heterocycles. The molecule has 1 aromatic heterocycles. The van der Waals surface area contributed by atoms with Gasteiger partial charge in [0.1, 0.15) is 5.69 Å². The SMILES string of the molecule is O=[N+]([O-])c1ccc(-c2nc(Cl)oc2-c2ccc(Cl)cc2)cc1. The van der Waals surface area contributed by atoms with E-state index in [1.165, 1.54) is 12.1 Å². The van der Waals surface area contributed by atoms with Crippen molar-refractivity contribution in [1.29, 1.82) is 0 Å². The Hall–Kier alpha value is -2.37. The lowest BCUT2D eigenvalue weighted by molar-refractivity contribution is -0.384. The second kappa shape index (κ2) is 5.79. The molecular formula is C15H8Cl2N2O3. The molecule has 0 aliphatic heterocycles. The van der Waals surface area contributed by atoms with Crippen molar-refractivity contribution in [2.24, 2.45) is 0 Å². The Morgan fingerprint density at radius 2 is 1.55 bits per heavy atom. The number of non-ortho nitro benzene ring substituents is 1. The first-order valence-electron chi connectivity index (χ1n) is 6.21. The predicted molar refractivity (Wildman–Crippen MR) is 84.0 cm³/mol. The van der Waals surface area contributed by atoms with Gasteiger partial charge in [0.2, 0.25) is 0 Å². The smallest absolute Gasteiger partial charge is 0.293 e. The number of nitrogens with zero attached hydrogens (tertiary/aromatic N) is 2. The molecule has 0 amide bonds. The molecule has 0 fully saturated rings. The van der Waals surface area contributed by atoms with Crippen LogP contribution in [0, 0.1) is 10.1 Å². The first-order valence-corrected chi connectivity index (χ1v) is 6.97. The molecule has 0 atom stereocenters. The maximum atomic E-state index is 10.7. The number of benzene rings is 2. The van der Waals surface area contributed by atoms with E-state index in [0.717, 1.165) is 5.56 Å². The van der Waals surface area contributed by atoms with Gasteiger partial charge < -0.3 is 4.42 Å². The van der Waals surface area contributed by atoms with Crippen LogP contribution in [0.5, 0.6) is 0 Å². The third-order valence-electron chi connectivity index (χ3n) is 3.06. The quantitative estimate of drug-likeness (QED) is 0.486. The third-order valence-corrected chi connectivity index (χ3v) is 3.47. The summed E-state index contributed by atoms with van der Waals surface area (Å²) >= 11 is 11.7. The Morgan fingerprint density at radius 3 is 2.14 bits per heavy atom. The van der Waals surface area contributed by atoms with Crippen molar-refractivity contribution in [3.05, 3.63) is 69.0 Å². The Labute approximate surface area is 135 Å². The number of rotatable bonds is 3. The highest BCUT2D eigenvalue weighted by Crippen LogP contribution is 2.35. The number of hydrogen-bond donors (Lipinski definition) is 0. The van der Waals surface area contributed by atoms with Gasteiger partial charge in [0, 0.05) is 28.3 Å². The van der Waals surface area contributed by atoms with Gasteiger partial charge in [-0.25, -0.2) is 0 Å². The lowest BCUT2D eigenvalue weighted by atomic mass is 10.1. The summed E-state index contributed by atoms with van der Waals surface area (Å²) in [6.45, 7) is 0. The van der Waals surface area contributed by atoms with Crippen LogP contribution in [-0.2, 0) is 0 Å². The fourth-order valence-electron chi connectivity index (χ4n) is 2.03. The van der Waals surface area contributed by atoms with Crippen molar-refractivity contribution >= 4 is 28.9 Å². The van der Waals surface area contributed by atoms with Crippen molar-refractivity contribution in [2.75, 3.05) is 0 Å². The van der Waals surface area contributed by atoms with E-state index in [4.69, 9.17) is 27.6 Å². The number of nitro groups is 1. The summed E-state index contributed by atoms with van der Waals surface area (Å²) in [4.78, 5) is 14.4. The van der Waals surface area contributed by atoms with E-state index in [0.29, 0.717) is 22.0 Å². The van der Waals surface area contributed by atoms with Gasteiger partial charge in [-0.3, -0.25) is 10.1 Å². The van der Waals surface area contributed by atoms with E-state index >= 15 is 0 Å². The molecule has 0 unspecified atom stereocenters. The van der Waals surface area contributed by atoms with Gasteiger partial charge in [0.15, 0.2) is 5.76 Å². The van der Waals surface area contributed by atoms with Gasteiger partial charge in [-0.05, 0) is 48.0 Å². The maximum absolute atomic E-state index is 10.7. The molecule has 1 heterocycles. The summed E-state index contributed by atoms with van der Waals surface area (Å²) in [7, 11) is 0. The van der Waals surface area contributed by atoms with Crippen LogP contribution in [0.3, 0.4) is 0 Å². The highest BCUT2D eigenvalue weighted by molar-refractivity contribution is 6.30. The molecule has 0 radical (unpaired) electrons. The molecule has 0 aliphatic rings. The van der Waals surface area contributed by atoms with Gasteiger partial charge in [-0.2, -0.15) is 4.98 Å². The average molecular weight is 335 g/mol. The standard InChI is InChI=1S/C15H8Cl2N2O3/c16-11-5-1-10(2-6-11)14-13(18-15(17)22-14)9-3-7-12(8-4-9)19(20)21/h1-8H. The fraction of sp³-hybridized carbons (Fsp3) is 0. The van der Waals surface area contributed by atoms with Crippen molar-refractivity contribution in [3.63, 3.8) is 0 Å². The van der Waals surface area contributed by atoms with Crippen LogP contribution in [0.25, 0.3) is 22.6 Å². The Morgan fingerprint density at radius 1 is 0.955 bits per heavy atom. The van der Waals surface area contributed by atoms with Gasteiger partial charge in [-0.1, -0.05) is 11.6 Å². The van der Waals surface area contributed by atoms with Gasteiger partial charge >= 0.3 is 0 Å². The van der Waals surface area contributed by atoms with E-state index in [9.17, 15) is 10.1 Å². The molecule has 5 nitrogen and oxygen atoms in total. The molecule has 0 spiro atoms. The summed E-state index contributed by atoms with van der Waals surface area (Å²) in [5, 5.41) is 11.3. The zero-order valence-electron chi connectivity index (χ0n) is 11.0. The first-order chi connectivity index (χ1) is 10.5. The molecule has 0 aliphatic carbocycles. The van der Waals surface area contributed by atoms with Crippen LogP contribution in [0.4, 0.5) is 5.69 Å². The van der Waals surface area contributed by atoms with Gasteiger partial charge in [0.05, 0.1) is 4.92 Å². The van der Waals surface area contributed by atoms with Crippen LogP contribution < -0.4 is 0 Å². The highest BCUT2D eigenvalue weighted by atomic mass is 35.5. The maximum Gasteiger partial charge on any atom is 0.293 e. The van der Waals surface area contributed by atoms with E-state index < -0.39 is 4.92 Å². The van der Waals surface area contributed by atoms with Crippen molar-refractivity contribution in [1.82, 2.24) is 4.98 Å². The zero-order valence-corrected chi connectivity index (χ0v) is 12.5. The van der Waals surface area contributed by atoms with Crippen molar-refractivity contribution in [3.8, 4) is 22.6 Å². The predicted octanol–water partition coefficient (Wildman–Crippen LogP) is 5.22. The molecule has 7 heteroatoms. The fourth-order valence-corrected chi connectivity index (χ4v) is 2.32. The Bertz CT molecular complexity index is 827. The van der Waals surface area contributed by atoms with Crippen molar-refractivity contribution in [2.45, 2.75) is 0 Å². The van der Waals surface area contributed by atoms with E-state index in [1.54, 1.807) is 36.4 Å². The van der Waals surface area contributed by atoms with Crippen LogP contribution in [-0.4, -0.2) is 9.91 Å². The van der Waals surface area contributed by atoms with E-state index in [2.05, 4.69) is 4.98 Å². The summed E-state index contributed by atoms with van der Waals surface area (Å²) in [6.07, 6.45) is 0. The minimum Gasteiger partial charge on any atom is -0.427 e. The lowest BCUT2D eigenvalue weighted by Crippen LogP contribution is -1.88. The second-order valence-corrected chi connectivity index (χ2v) is 5.22. The van der Waals surface area contributed by atoms with Crippen LogP contribution >= 0.6 is 23.2 Å². The summed E-state index contributed by atoms with van der Waals surface area (Å²) in [6, 6.07) is 13.0. The minimum absolute atomic E-state index is 0.00157. The topological polar surface area (TPSA) is 69.2 Å².